The predicted octanol–water partition coefficient (Wildman–Crippen LogP) is 15.7. The summed E-state index contributed by atoms with van der Waals surface area (Å²) in [5.41, 5.74) is 17.2. The SMILES string of the molecule is N#Cc1ccc(-c2cc(-c3ccccc3)cc(-c3ccc(C#N)cc3)c2-n2c3ccc(-n4c5ccccc5c5ccccc54)cc3c3cc(-n4c5ccccc5c5ccccc54)ccc32)cc1. The number of nitriles is 2. The lowest BCUT2D eigenvalue weighted by Crippen LogP contribution is -2.02. The van der Waals surface area contributed by atoms with Crippen molar-refractivity contribution in [3.05, 3.63) is 236 Å². The second kappa shape index (κ2) is 15.1. The van der Waals surface area contributed by atoms with Crippen molar-refractivity contribution in [2.24, 2.45) is 0 Å². The molecule has 0 spiro atoms. The van der Waals surface area contributed by atoms with Crippen LogP contribution in [0.4, 0.5) is 0 Å². The summed E-state index contributed by atoms with van der Waals surface area (Å²) in [6.07, 6.45) is 0. The maximum atomic E-state index is 9.90. The number of aromatic nitrogens is 3. The summed E-state index contributed by atoms with van der Waals surface area (Å²) in [5.74, 6) is 0. The summed E-state index contributed by atoms with van der Waals surface area (Å²) < 4.78 is 7.22. The number of rotatable bonds is 6. The van der Waals surface area contributed by atoms with E-state index >= 15 is 0 Å². The highest BCUT2D eigenvalue weighted by Gasteiger charge is 2.24. The van der Waals surface area contributed by atoms with Gasteiger partial charge in [-0.25, -0.2) is 0 Å². The number of hydrogen-bond donors (Lipinski definition) is 0. The zero-order valence-electron chi connectivity index (χ0n) is 36.1. The Morgan fingerprint density at radius 1 is 0.269 bits per heavy atom. The number of hydrogen-bond acceptors (Lipinski definition) is 2. The summed E-state index contributed by atoms with van der Waals surface area (Å²) in [6, 6.07) is 84.0. The van der Waals surface area contributed by atoms with Gasteiger partial charge >= 0.3 is 0 Å². The maximum absolute atomic E-state index is 9.90. The largest absolute Gasteiger partial charge is 0.309 e. The lowest BCUT2D eigenvalue weighted by molar-refractivity contribution is 1.16. The van der Waals surface area contributed by atoms with Crippen molar-refractivity contribution < 1.29 is 0 Å². The van der Waals surface area contributed by atoms with Crippen molar-refractivity contribution in [3.63, 3.8) is 0 Å². The van der Waals surface area contributed by atoms with Crippen LogP contribution in [0.5, 0.6) is 0 Å². The Morgan fingerprint density at radius 2 is 0.627 bits per heavy atom. The molecular weight excluding hydrogens is 815 g/mol. The molecule has 3 aromatic heterocycles. The van der Waals surface area contributed by atoms with Crippen LogP contribution in [-0.2, 0) is 0 Å². The molecule has 310 valence electrons. The smallest absolute Gasteiger partial charge is 0.0991 e. The first-order chi connectivity index (χ1) is 33.1. The van der Waals surface area contributed by atoms with Gasteiger partial charge in [-0.2, -0.15) is 10.5 Å². The van der Waals surface area contributed by atoms with Gasteiger partial charge in [0.05, 0.1) is 62.1 Å². The molecule has 0 atom stereocenters. The molecule has 5 nitrogen and oxygen atoms in total. The summed E-state index contributed by atoms with van der Waals surface area (Å²) in [5, 5.41) is 26.9. The van der Waals surface area contributed by atoms with Gasteiger partial charge in [-0.15, -0.1) is 0 Å². The highest BCUT2D eigenvalue weighted by atomic mass is 15.0. The van der Waals surface area contributed by atoms with Gasteiger partial charge in [0, 0.05) is 54.8 Å². The van der Waals surface area contributed by atoms with Gasteiger partial charge < -0.3 is 13.7 Å². The van der Waals surface area contributed by atoms with Gasteiger partial charge in [0.15, 0.2) is 0 Å². The van der Waals surface area contributed by atoms with Crippen LogP contribution in [0.15, 0.2) is 224 Å². The maximum Gasteiger partial charge on any atom is 0.0991 e. The molecule has 0 aliphatic carbocycles. The van der Waals surface area contributed by atoms with Crippen LogP contribution in [0.1, 0.15) is 11.1 Å². The van der Waals surface area contributed by atoms with Gasteiger partial charge in [0.2, 0.25) is 0 Å². The van der Waals surface area contributed by atoms with Crippen LogP contribution < -0.4 is 0 Å². The average Bonchev–Trinajstić information content (AvgIpc) is 4.04. The molecule has 0 aliphatic rings. The van der Waals surface area contributed by atoms with E-state index in [0.717, 1.165) is 94.3 Å². The van der Waals surface area contributed by atoms with Gasteiger partial charge in [0.1, 0.15) is 0 Å². The molecule has 0 amide bonds. The average molecular weight is 852 g/mol. The Bertz CT molecular complexity index is 3850. The van der Waals surface area contributed by atoms with Crippen molar-refractivity contribution in [2.45, 2.75) is 0 Å². The standard InChI is InChI=1S/C62H37N5/c63-38-40-22-26-43(27-23-40)52-34-45(42-12-2-1-3-13-42)35-53(44-28-24-41(39-64)25-29-44)62(52)67-60-32-30-46(65-56-18-8-4-14-48(56)49-15-5-9-19-57(49)65)36-54(60)55-37-47(31-33-61(55)67)66-58-20-10-6-16-50(58)51-17-7-11-21-59(51)66/h1-37H. The molecule has 5 heteroatoms. The topological polar surface area (TPSA) is 62.4 Å². The van der Waals surface area contributed by atoms with E-state index in [2.05, 4.69) is 220 Å². The first-order valence-corrected chi connectivity index (χ1v) is 22.5. The fourth-order valence-electron chi connectivity index (χ4n) is 10.5. The number of nitrogens with zero attached hydrogens (tertiary/aromatic N) is 5. The Kier molecular flexibility index (Phi) is 8.58. The Labute approximate surface area is 386 Å². The summed E-state index contributed by atoms with van der Waals surface area (Å²) in [6.45, 7) is 0. The molecule has 0 fully saturated rings. The normalized spacial score (nSPS) is 11.6. The van der Waals surface area contributed by atoms with E-state index in [0.29, 0.717) is 11.1 Å². The van der Waals surface area contributed by atoms with E-state index in [1.165, 1.54) is 21.5 Å². The van der Waals surface area contributed by atoms with Gasteiger partial charge in [-0.05, 0) is 119 Å². The van der Waals surface area contributed by atoms with Crippen molar-refractivity contribution in [2.75, 3.05) is 0 Å². The lowest BCUT2D eigenvalue weighted by atomic mass is 9.90. The zero-order chi connectivity index (χ0) is 44.6. The molecule has 67 heavy (non-hydrogen) atoms. The quantitative estimate of drug-likeness (QED) is 0.167. The van der Waals surface area contributed by atoms with Crippen molar-refractivity contribution in [3.8, 4) is 62.6 Å². The molecule has 13 rings (SSSR count). The molecule has 0 bridgehead atoms. The van der Waals surface area contributed by atoms with Crippen molar-refractivity contribution >= 4 is 65.4 Å². The molecular formula is C62H37N5. The van der Waals surface area contributed by atoms with Gasteiger partial charge in [0.25, 0.3) is 0 Å². The summed E-state index contributed by atoms with van der Waals surface area (Å²) in [4.78, 5) is 0. The monoisotopic (exact) mass is 851 g/mol. The zero-order valence-corrected chi connectivity index (χ0v) is 36.1. The number of benzene rings is 10. The summed E-state index contributed by atoms with van der Waals surface area (Å²) >= 11 is 0. The van der Waals surface area contributed by atoms with E-state index in [-0.39, 0.29) is 0 Å². The Hall–Kier alpha value is -9.42. The van der Waals surface area contributed by atoms with Crippen LogP contribution in [-0.4, -0.2) is 13.7 Å². The van der Waals surface area contributed by atoms with E-state index in [9.17, 15) is 10.5 Å². The molecule has 0 saturated heterocycles. The predicted molar refractivity (Wildman–Crippen MR) is 275 cm³/mol. The van der Waals surface area contributed by atoms with E-state index in [4.69, 9.17) is 0 Å². The van der Waals surface area contributed by atoms with E-state index < -0.39 is 0 Å². The molecule has 0 saturated carbocycles. The van der Waals surface area contributed by atoms with Gasteiger partial charge in [-0.3, -0.25) is 0 Å². The number of para-hydroxylation sites is 4. The lowest BCUT2D eigenvalue weighted by Gasteiger charge is -2.21. The minimum Gasteiger partial charge on any atom is -0.309 e. The summed E-state index contributed by atoms with van der Waals surface area (Å²) in [7, 11) is 0. The van der Waals surface area contributed by atoms with Crippen LogP contribution in [0.3, 0.4) is 0 Å². The van der Waals surface area contributed by atoms with Crippen molar-refractivity contribution in [1.29, 1.82) is 10.5 Å². The Balaban J connectivity index is 1.18. The van der Waals surface area contributed by atoms with Crippen molar-refractivity contribution in [1.82, 2.24) is 13.7 Å². The molecule has 0 unspecified atom stereocenters. The third kappa shape index (κ3) is 5.93. The van der Waals surface area contributed by atoms with E-state index in [1.54, 1.807) is 0 Å². The second-order valence-electron chi connectivity index (χ2n) is 17.1. The molecule has 0 aliphatic heterocycles. The first-order valence-electron chi connectivity index (χ1n) is 22.5. The Morgan fingerprint density at radius 3 is 1.01 bits per heavy atom. The third-order valence-corrected chi connectivity index (χ3v) is 13.5. The first kappa shape index (κ1) is 38.1. The van der Waals surface area contributed by atoms with Gasteiger partial charge in [-0.1, -0.05) is 127 Å². The molecule has 10 aromatic carbocycles. The second-order valence-corrected chi connectivity index (χ2v) is 17.1. The van der Waals surface area contributed by atoms with Crippen LogP contribution in [0.2, 0.25) is 0 Å². The van der Waals surface area contributed by atoms with Crippen LogP contribution in [0, 0.1) is 22.7 Å². The number of fused-ring (bicyclic) bond motifs is 9. The minimum absolute atomic E-state index is 0.601. The molecule has 0 radical (unpaired) electrons. The molecule has 3 heterocycles. The van der Waals surface area contributed by atoms with Crippen LogP contribution >= 0.6 is 0 Å². The minimum atomic E-state index is 0.601. The van der Waals surface area contributed by atoms with E-state index in [1.807, 2.05) is 30.3 Å². The molecule has 13 aromatic rings. The fraction of sp³-hybridized carbons (Fsp3) is 0. The fourth-order valence-corrected chi connectivity index (χ4v) is 10.5. The van der Waals surface area contributed by atoms with Crippen LogP contribution in [0.25, 0.3) is 116 Å². The highest BCUT2D eigenvalue weighted by molar-refractivity contribution is 6.15. The molecule has 0 N–H and O–H groups in total. The third-order valence-electron chi connectivity index (χ3n) is 13.5. The highest BCUT2D eigenvalue weighted by Crippen LogP contribution is 2.46.